The lowest BCUT2D eigenvalue weighted by molar-refractivity contribution is -0.118. The van der Waals surface area contributed by atoms with E-state index >= 15 is 0 Å². The number of nitrogens with zero attached hydrogens (tertiary/aromatic N) is 4. The Hall–Kier alpha value is -3.39. The number of rotatable bonds is 5. The Bertz CT molecular complexity index is 1060. The molecule has 142 valence electrons. The number of carbonyl (C=O) groups excluding carboxylic acids is 2. The highest BCUT2D eigenvalue weighted by molar-refractivity contribution is 5.94. The highest BCUT2D eigenvalue weighted by Gasteiger charge is 2.21. The largest absolute Gasteiger partial charge is 0.349 e. The van der Waals surface area contributed by atoms with Crippen LogP contribution in [0.2, 0.25) is 0 Å². The quantitative estimate of drug-likeness (QED) is 0.691. The molecule has 0 aliphatic carbocycles. The van der Waals surface area contributed by atoms with Crippen LogP contribution < -0.4 is 11.1 Å². The Morgan fingerprint density at radius 2 is 2.11 bits per heavy atom. The first-order valence-electron chi connectivity index (χ1n) is 9.06. The van der Waals surface area contributed by atoms with Gasteiger partial charge in [0.05, 0.1) is 18.3 Å². The molecule has 1 amide bonds. The Morgan fingerprint density at radius 3 is 2.89 bits per heavy atom. The molecule has 0 unspecified atom stereocenters. The standard InChI is InChI=1S/C20H20N6O2/c1-12(27)15(21)10-13-4-2-3-5-14(13)19-22-7-6-16(24-19)17-11-18-20(28)23-8-9-26(18)25-17/h2-7,11,15H,8-10,21H2,1H3,(H,23,28)/t15-/m1/s1. The van der Waals surface area contributed by atoms with Gasteiger partial charge < -0.3 is 11.1 Å². The summed E-state index contributed by atoms with van der Waals surface area (Å²) in [6, 6.07) is 10.6. The number of amides is 1. The molecule has 1 aliphatic heterocycles. The molecule has 1 atom stereocenters. The molecule has 2 aromatic heterocycles. The van der Waals surface area contributed by atoms with Crippen LogP contribution in [0.5, 0.6) is 0 Å². The van der Waals surface area contributed by atoms with E-state index in [9.17, 15) is 9.59 Å². The molecule has 0 saturated heterocycles. The molecule has 8 nitrogen and oxygen atoms in total. The fourth-order valence-corrected chi connectivity index (χ4v) is 3.19. The average Bonchev–Trinajstić information content (AvgIpc) is 3.14. The van der Waals surface area contributed by atoms with Gasteiger partial charge in [0.1, 0.15) is 17.2 Å². The summed E-state index contributed by atoms with van der Waals surface area (Å²) in [6.45, 7) is 2.68. The second-order valence-corrected chi connectivity index (χ2v) is 6.74. The number of nitrogens with two attached hydrogens (primary N) is 1. The highest BCUT2D eigenvalue weighted by Crippen LogP contribution is 2.25. The molecule has 0 bridgehead atoms. The van der Waals surface area contributed by atoms with Gasteiger partial charge in [-0.25, -0.2) is 9.97 Å². The van der Waals surface area contributed by atoms with Gasteiger partial charge >= 0.3 is 0 Å². The van der Waals surface area contributed by atoms with Crippen molar-refractivity contribution in [1.82, 2.24) is 25.1 Å². The Kier molecular flexibility index (Phi) is 4.70. The first kappa shape index (κ1) is 18.0. The van der Waals surface area contributed by atoms with Crippen LogP contribution in [-0.4, -0.2) is 44.0 Å². The summed E-state index contributed by atoms with van der Waals surface area (Å²) in [5.41, 5.74) is 9.45. The summed E-state index contributed by atoms with van der Waals surface area (Å²) in [5, 5.41) is 7.30. The third kappa shape index (κ3) is 3.41. The molecule has 0 radical (unpaired) electrons. The zero-order chi connectivity index (χ0) is 19.7. The maximum Gasteiger partial charge on any atom is 0.269 e. The molecular weight excluding hydrogens is 356 g/mol. The number of ketones is 1. The molecule has 0 fully saturated rings. The van der Waals surface area contributed by atoms with E-state index < -0.39 is 6.04 Å². The lowest BCUT2D eigenvalue weighted by Crippen LogP contribution is -2.35. The van der Waals surface area contributed by atoms with E-state index in [4.69, 9.17) is 5.73 Å². The molecule has 0 spiro atoms. The van der Waals surface area contributed by atoms with Gasteiger partial charge in [0.15, 0.2) is 5.82 Å². The molecule has 1 aromatic carbocycles. The first-order chi connectivity index (χ1) is 13.5. The molecule has 3 heterocycles. The Morgan fingerprint density at radius 1 is 1.29 bits per heavy atom. The van der Waals surface area contributed by atoms with Crippen LogP contribution in [-0.2, 0) is 17.8 Å². The van der Waals surface area contributed by atoms with E-state index in [-0.39, 0.29) is 11.7 Å². The van der Waals surface area contributed by atoms with Crippen LogP contribution in [0.1, 0.15) is 23.0 Å². The molecule has 1 aliphatic rings. The summed E-state index contributed by atoms with van der Waals surface area (Å²) in [7, 11) is 0. The third-order valence-electron chi connectivity index (χ3n) is 4.76. The zero-order valence-corrected chi connectivity index (χ0v) is 15.4. The van der Waals surface area contributed by atoms with Crippen molar-refractivity contribution in [3.63, 3.8) is 0 Å². The van der Waals surface area contributed by atoms with E-state index in [1.54, 1.807) is 23.0 Å². The topological polar surface area (TPSA) is 116 Å². The highest BCUT2D eigenvalue weighted by atomic mass is 16.2. The predicted octanol–water partition coefficient (Wildman–Crippen LogP) is 1.21. The van der Waals surface area contributed by atoms with Crippen molar-refractivity contribution >= 4 is 11.7 Å². The number of benzene rings is 1. The van der Waals surface area contributed by atoms with Crippen LogP contribution in [0, 0.1) is 0 Å². The minimum atomic E-state index is -0.567. The van der Waals surface area contributed by atoms with Gasteiger partial charge in [-0.2, -0.15) is 5.10 Å². The van der Waals surface area contributed by atoms with E-state index in [0.717, 1.165) is 11.1 Å². The maximum atomic E-state index is 12.0. The van der Waals surface area contributed by atoms with Crippen LogP contribution in [0.3, 0.4) is 0 Å². The zero-order valence-electron chi connectivity index (χ0n) is 15.4. The van der Waals surface area contributed by atoms with E-state index in [1.807, 2.05) is 24.3 Å². The molecule has 8 heteroatoms. The van der Waals surface area contributed by atoms with Gasteiger partial charge in [0.2, 0.25) is 0 Å². The SMILES string of the molecule is CC(=O)[C@H](N)Cc1ccccc1-c1nccc(-c2cc3n(n2)CCNC3=O)n1. The third-order valence-corrected chi connectivity index (χ3v) is 4.76. The minimum Gasteiger partial charge on any atom is -0.349 e. The average molecular weight is 376 g/mol. The fourth-order valence-electron chi connectivity index (χ4n) is 3.19. The monoisotopic (exact) mass is 376 g/mol. The number of hydrogen-bond acceptors (Lipinski definition) is 6. The summed E-state index contributed by atoms with van der Waals surface area (Å²) in [6.07, 6.45) is 2.08. The lowest BCUT2D eigenvalue weighted by atomic mass is 9.98. The fraction of sp³-hybridized carbons (Fsp3) is 0.250. The van der Waals surface area contributed by atoms with Crippen molar-refractivity contribution in [3.05, 3.63) is 53.9 Å². The van der Waals surface area contributed by atoms with Crippen LogP contribution in [0.15, 0.2) is 42.6 Å². The van der Waals surface area contributed by atoms with E-state index in [2.05, 4.69) is 20.4 Å². The number of Topliss-reactive ketones (excluding diaryl/α,β-unsaturated/α-hetero) is 1. The predicted molar refractivity (Wildman–Crippen MR) is 103 cm³/mol. The molecular formula is C20H20N6O2. The summed E-state index contributed by atoms with van der Waals surface area (Å²) in [5.74, 6) is 0.327. The van der Waals surface area contributed by atoms with Gasteiger partial charge in [0, 0.05) is 18.3 Å². The first-order valence-corrected chi connectivity index (χ1v) is 9.06. The lowest BCUT2D eigenvalue weighted by Gasteiger charge is -2.13. The molecule has 4 rings (SSSR count). The number of aromatic nitrogens is 4. The summed E-state index contributed by atoms with van der Waals surface area (Å²) in [4.78, 5) is 32.6. The Balaban J connectivity index is 1.71. The van der Waals surface area contributed by atoms with Crippen LogP contribution in [0.25, 0.3) is 22.8 Å². The van der Waals surface area contributed by atoms with Gasteiger partial charge in [-0.3, -0.25) is 14.3 Å². The van der Waals surface area contributed by atoms with Gasteiger partial charge in [0.25, 0.3) is 5.91 Å². The molecule has 0 saturated carbocycles. The second kappa shape index (κ2) is 7.32. The van der Waals surface area contributed by atoms with Crippen molar-refractivity contribution in [2.45, 2.75) is 25.9 Å². The number of nitrogens with one attached hydrogen (secondary N) is 1. The van der Waals surface area contributed by atoms with Crippen LogP contribution >= 0.6 is 0 Å². The number of hydrogen-bond donors (Lipinski definition) is 2. The molecule has 3 N–H and O–H groups in total. The summed E-state index contributed by atoms with van der Waals surface area (Å²) < 4.78 is 1.69. The molecule has 3 aromatic rings. The van der Waals surface area contributed by atoms with E-state index in [0.29, 0.717) is 42.4 Å². The number of carbonyl (C=O) groups is 2. The Labute approximate surface area is 161 Å². The number of fused-ring (bicyclic) bond motifs is 1. The van der Waals surface area contributed by atoms with Crippen molar-refractivity contribution in [1.29, 1.82) is 0 Å². The van der Waals surface area contributed by atoms with E-state index in [1.165, 1.54) is 6.92 Å². The van der Waals surface area contributed by atoms with Crippen molar-refractivity contribution in [3.8, 4) is 22.8 Å². The van der Waals surface area contributed by atoms with Crippen molar-refractivity contribution < 1.29 is 9.59 Å². The van der Waals surface area contributed by atoms with Crippen LogP contribution in [0.4, 0.5) is 0 Å². The second-order valence-electron chi connectivity index (χ2n) is 6.74. The van der Waals surface area contributed by atoms with Crippen molar-refractivity contribution in [2.75, 3.05) is 6.54 Å². The minimum absolute atomic E-state index is 0.0636. The van der Waals surface area contributed by atoms with Crippen molar-refractivity contribution in [2.24, 2.45) is 5.73 Å². The summed E-state index contributed by atoms with van der Waals surface area (Å²) >= 11 is 0. The van der Waals surface area contributed by atoms with Gasteiger partial charge in [-0.1, -0.05) is 24.3 Å². The van der Waals surface area contributed by atoms with Gasteiger partial charge in [-0.05, 0) is 31.0 Å². The van der Waals surface area contributed by atoms with Gasteiger partial charge in [-0.15, -0.1) is 0 Å². The maximum absolute atomic E-state index is 12.0. The molecule has 28 heavy (non-hydrogen) atoms. The smallest absolute Gasteiger partial charge is 0.269 e. The normalized spacial score (nSPS) is 14.3.